The number of likely N-dealkylation sites (tertiary alicyclic amines) is 1. The Kier molecular flexibility index (Phi) is 7.59. The number of piperidine rings is 1. The highest BCUT2D eigenvalue weighted by Gasteiger charge is 2.43. The fourth-order valence-electron chi connectivity index (χ4n) is 3.45. The maximum Gasteiger partial charge on any atom is 0.313 e. The second-order valence-electron chi connectivity index (χ2n) is 6.41. The van der Waals surface area contributed by atoms with Crippen molar-refractivity contribution in [3.63, 3.8) is 0 Å². The summed E-state index contributed by atoms with van der Waals surface area (Å²) >= 11 is 1.76. The smallest absolute Gasteiger partial charge is 0.313 e. The van der Waals surface area contributed by atoms with Gasteiger partial charge in [-0.3, -0.25) is 9.69 Å². The normalized spacial score (nSPS) is 21.6. The molecule has 1 aliphatic heterocycles. The molecule has 1 atom stereocenters. The van der Waals surface area contributed by atoms with Gasteiger partial charge in [-0.2, -0.15) is 0 Å². The molecular formula is C19H29NO3S. The van der Waals surface area contributed by atoms with Crippen LogP contribution < -0.4 is 0 Å². The molecule has 4 nitrogen and oxygen atoms in total. The van der Waals surface area contributed by atoms with Gasteiger partial charge in [-0.25, -0.2) is 0 Å². The fourth-order valence-corrected chi connectivity index (χ4v) is 3.93. The minimum absolute atomic E-state index is 0.0652. The summed E-state index contributed by atoms with van der Waals surface area (Å²) in [5, 5.41) is 0. The number of carbonyl (C=O) groups excluding carboxylic acids is 1. The molecule has 0 saturated carbocycles. The highest BCUT2D eigenvalue weighted by atomic mass is 32.2. The number of thioether (sulfide) groups is 1. The van der Waals surface area contributed by atoms with E-state index in [2.05, 4.69) is 35.4 Å². The van der Waals surface area contributed by atoms with E-state index in [4.69, 9.17) is 9.47 Å². The number of rotatable bonds is 8. The van der Waals surface area contributed by atoms with E-state index in [1.807, 2.05) is 6.92 Å². The second-order valence-corrected chi connectivity index (χ2v) is 7.29. The van der Waals surface area contributed by atoms with Crippen LogP contribution in [0.15, 0.2) is 29.2 Å². The lowest BCUT2D eigenvalue weighted by Gasteiger charge is -2.41. The van der Waals surface area contributed by atoms with E-state index in [0.717, 1.165) is 38.9 Å². The largest absolute Gasteiger partial charge is 0.466 e. The van der Waals surface area contributed by atoms with Gasteiger partial charge in [-0.05, 0) is 56.7 Å². The average Bonchev–Trinajstić information content (AvgIpc) is 2.60. The van der Waals surface area contributed by atoms with Crippen LogP contribution in [0.5, 0.6) is 0 Å². The summed E-state index contributed by atoms with van der Waals surface area (Å²) in [7, 11) is 1.69. The van der Waals surface area contributed by atoms with Crippen LogP contribution in [-0.2, 0) is 20.8 Å². The van der Waals surface area contributed by atoms with Crippen molar-refractivity contribution < 1.29 is 14.3 Å². The van der Waals surface area contributed by atoms with Crippen LogP contribution in [0.2, 0.25) is 0 Å². The Labute approximate surface area is 149 Å². The van der Waals surface area contributed by atoms with E-state index in [1.165, 1.54) is 10.5 Å². The first-order chi connectivity index (χ1) is 11.6. The van der Waals surface area contributed by atoms with Crippen molar-refractivity contribution in [2.24, 2.45) is 5.41 Å². The third-order valence-electron chi connectivity index (χ3n) is 4.69. The van der Waals surface area contributed by atoms with Crippen LogP contribution in [0.25, 0.3) is 0 Å². The number of ether oxygens (including phenoxy) is 2. The maximum atomic E-state index is 12.6. The van der Waals surface area contributed by atoms with Crippen LogP contribution in [0.1, 0.15) is 31.7 Å². The maximum absolute atomic E-state index is 12.6. The highest BCUT2D eigenvalue weighted by Crippen LogP contribution is 2.36. The molecular weight excluding hydrogens is 322 g/mol. The van der Waals surface area contributed by atoms with Crippen LogP contribution >= 0.6 is 11.8 Å². The molecule has 5 heteroatoms. The molecule has 0 unspecified atom stereocenters. The van der Waals surface area contributed by atoms with Crippen molar-refractivity contribution in [2.45, 2.75) is 37.6 Å². The third kappa shape index (κ3) is 4.98. The van der Waals surface area contributed by atoms with Gasteiger partial charge in [0.25, 0.3) is 0 Å². The van der Waals surface area contributed by atoms with Crippen molar-refractivity contribution >= 4 is 17.7 Å². The SMILES string of the molecule is CCOC(=O)[C@]1(CCOC)CCCN(Cc2cccc(SC)c2)C1. The Hall–Kier alpha value is -1.04. The lowest BCUT2D eigenvalue weighted by Crippen LogP contribution is -2.48. The number of carbonyl (C=O) groups is 1. The second kappa shape index (κ2) is 9.44. The molecule has 2 rings (SSSR count). The standard InChI is InChI=1S/C19H29NO3S/c1-4-23-18(21)19(10-12-22-2)9-6-11-20(15-19)14-16-7-5-8-17(13-16)24-3/h5,7-8,13H,4,6,9-12,14-15H2,1-3H3/t19-/m0/s1. The molecule has 1 saturated heterocycles. The number of nitrogens with zero attached hydrogens (tertiary/aromatic N) is 1. The molecule has 0 bridgehead atoms. The molecule has 0 aliphatic carbocycles. The summed E-state index contributed by atoms with van der Waals surface area (Å²) in [4.78, 5) is 16.3. The van der Waals surface area contributed by atoms with E-state index in [-0.39, 0.29) is 5.97 Å². The molecule has 0 N–H and O–H groups in total. The zero-order chi connectivity index (χ0) is 17.4. The van der Waals surface area contributed by atoms with E-state index in [0.29, 0.717) is 13.2 Å². The van der Waals surface area contributed by atoms with Gasteiger partial charge < -0.3 is 9.47 Å². The van der Waals surface area contributed by atoms with Gasteiger partial charge in [0.2, 0.25) is 0 Å². The monoisotopic (exact) mass is 351 g/mol. The summed E-state index contributed by atoms with van der Waals surface area (Å²) in [6.45, 7) is 5.55. The summed E-state index contributed by atoms with van der Waals surface area (Å²) in [5.74, 6) is -0.0652. The minimum Gasteiger partial charge on any atom is -0.466 e. The Morgan fingerprint density at radius 1 is 1.42 bits per heavy atom. The number of benzene rings is 1. The Balaban J connectivity index is 2.09. The quantitative estimate of drug-likeness (QED) is 0.529. The molecule has 1 aliphatic rings. The third-order valence-corrected chi connectivity index (χ3v) is 5.41. The van der Waals surface area contributed by atoms with Crippen LogP contribution in [-0.4, -0.2) is 50.5 Å². The van der Waals surface area contributed by atoms with Crippen LogP contribution in [0.4, 0.5) is 0 Å². The van der Waals surface area contributed by atoms with Gasteiger partial charge in [0.05, 0.1) is 12.0 Å². The molecule has 1 heterocycles. The van der Waals surface area contributed by atoms with E-state index < -0.39 is 5.41 Å². The molecule has 1 fully saturated rings. The van der Waals surface area contributed by atoms with Gasteiger partial charge in [-0.15, -0.1) is 11.8 Å². The van der Waals surface area contributed by atoms with Gasteiger partial charge >= 0.3 is 5.97 Å². The lowest BCUT2D eigenvalue weighted by molar-refractivity contribution is -0.160. The molecule has 0 amide bonds. The summed E-state index contributed by atoms with van der Waals surface area (Å²) < 4.78 is 10.6. The molecule has 134 valence electrons. The van der Waals surface area contributed by atoms with Gasteiger partial charge in [0, 0.05) is 31.7 Å². The number of methoxy groups -OCH3 is 1. The van der Waals surface area contributed by atoms with Crippen molar-refractivity contribution in [1.82, 2.24) is 4.90 Å². The Morgan fingerprint density at radius 2 is 2.25 bits per heavy atom. The molecule has 0 spiro atoms. The van der Waals surface area contributed by atoms with Gasteiger partial charge in [-0.1, -0.05) is 12.1 Å². The summed E-state index contributed by atoms with van der Waals surface area (Å²) in [6.07, 6.45) is 4.72. The summed E-state index contributed by atoms with van der Waals surface area (Å²) in [6, 6.07) is 8.64. The first-order valence-electron chi connectivity index (χ1n) is 8.65. The zero-order valence-corrected chi connectivity index (χ0v) is 15.9. The van der Waals surface area contributed by atoms with Crippen LogP contribution in [0, 0.1) is 5.41 Å². The zero-order valence-electron chi connectivity index (χ0n) is 15.0. The van der Waals surface area contributed by atoms with Gasteiger partial charge in [0.1, 0.15) is 0 Å². The van der Waals surface area contributed by atoms with E-state index in [1.54, 1.807) is 18.9 Å². The molecule has 24 heavy (non-hydrogen) atoms. The molecule has 1 aromatic carbocycles. The topological polar surface area (TPSA) is 38.8 Å². The van der Waals surface area contributed by atoms with E-state index >= 15 is 0 Å². The lowest BCUT2D eigenvalue weighted by atomic mass is 9.77. The first-order valence-corrected chi connectivity index (χ1v) is 9.87. The molecule has 1 aromatic rings. The molecule has 0 aromatic heterocycles. The predicted octanol–water partition coefficient (Wildman–Crippen LogP) is 3.59. The number of esters is 1. The molecule has 0 radical (unpaired) electrons. The van der Waals surface area contributed by atoms with Crippen molar-refractivity contribution in [3.8, 4) is 0 Å². The van der Waals surface area contributed by atoms with Crippen molar-refractivity contribution in [1.29, 1.82) is 0 Å². The average molecular weight is 352 g/mol. The summed E-state index contributed by atoms with van der Waals surface area (Å²) in [5.41, 5.74) is 0.870. The Bertz CT molecular complexity index is 537. The van der Waals surface area contributed by atoms with Crippen LogP contribution in [0.3, 0.4) is 0 Å². The first kappa shape index (κ1) is 19.3. The highest BCUT2D eigenvalue weighted by molar-refractivity contribution is 7.98. The van der Waals surface area contributed by atoms with Crippen molar-refractivity contribution in [2.75, 3.05) is 39.7 Å². The minimum atomic E-state index is -0.429. The number of hydrogen-bond donors (Lipinski definition) is 0. The Morgan fingerprint density at radius 3 is 2.96 bits per heavy atom. The predicted molar refractivity (Wildman–Crippen MR) is 98.3 cm³/mol. The fraction of sp³-hybridized carbons (Fsp3) is 0.632. The number of hydrogen-bond acceptors (Lipinski definition) is 5. The van der Waals surface area contributed by atoms with Gasteiger partial charge in [0.15, 0.2) is 0 Å². The van der Waals surface area contributed by atoms with Crippen molar-refractivity contribution in [3.05, 3.63) is 29.8 Å². The van der Waals surface area contributed by atoms with E-state index in [9.17, 15) is 4.79 Å².